The zero-order valence-corrected chi connectivity index (χ0v) is 14.5. The molecule has 0 unspecified atom stereocenters. The van der Waals surface area contributed by atoms with Crippen molar-refractivity contribution in [2.24, 2.45) is 5.92 Å². The van der Waals surface area contributed by atoms with E-state index in [1.807, 2.05) is 26.0 Å². The number of ether oxygens (including phenoxy) is 1. The zero-order chi connectivity index (χ0) is 17.1. The van der Waals surface area contributed by atoms with Gasteiger partial charge in [0.1, 0.15) is 5.75 Å². The van der Waals surface area contributed by atoms with Crippen LogP contribution in [-0.2, 0) is 4.79 Å². The maximum atomic E-state index is 12.3. The fourth-order valence-corrected chi connectivity index (χ4v) is 2.80. The zero-order valence-electron chi connectivity index (χ0n) is 13.8. The van der Waals surface area contributed by atoms with Gasteiger partial charge in [-0.2, -0.15) is 0 Å². The van der Waals surface area contributed by atoms with Crippen molar-refractivity contribution < 1.29 is 9.53 Å². The standard InChI is InChI=1S/C18H20ClN3O2/c1-11-9-14(19)5-6-15(11)24-10-16(23)22-17(13-3-4-13)18-20-8-7-12(2)21-18/h5-9,13,17H,3-4,10H2,1-2H3,(H,22,23)/t17-/m0/s1. The van der Waals surface area contributed by atoms with Crippen molar-refractivity contribution in [2.75, 3.05) is 6.61 Å². The molecule has 1 N–H and O–H groups in total. The van der Waals surface area contributed by atoms with Crippen LogP contribution < -0.4 is 10.1 Å². The lowest BCUT2D eigenvalue weighted by Gasteiger charge is -2.17. The summed E-state index contributed by atoms with van der Waals surface area (Å²) in [4.78, 5) is 21.0. The normalized spacial score (nSPS) is 15.0. The first kappa shape index (κ1) is 16.7. The van der Waals surface area contributed by atoms with Crippen LogP contribution >= 0.6 is 11.6 Å². The molecule has 0 aliphatic heterocycles. The van der Waals surface area contributed by atoms with Crippen molar-refractivity contribution in [1.82, 2.24) is 15.3 Å². The van der Waals surface area contributed by atoms with E-state index in [0.717, 1.165) is 24.1 Å². The fraction of sp³-hybridized carbons (Fsp3) is 0.389. The number of aryl methyl sites for hydroxylation is 2. The average Bonchev–Trinajstić information content (AvgIpc) is 3.36. The number of nitrogens with zero attached hydrogens (tertiary/aromatic N) is 2. The Morgan fingerprint density at radius 3 is 2.83 bits per heavy atom. The largest absolute Gasteiger partial charge is 0.484 e. The molecule has 0 bridgehead atoms. The van der Waals surface area contributed by atoms with Crippen LogP contribution in [0.3, 0.4) is 0 Å². The van der Waals surface area contributed by atoms with Crippen molar-refractivity contribution >= 4 is 17.5 Å². The van der Waals surface area contributed by atoms with E-state index in [2.05, 4.69) is 15.3 Å². The van der Waals surface area contributed by atoms with Gasteiger partial charge in [0.25, 0.3) is 5.91 Å². The van der Waals surface area contributed by atoms with Gasteiger partial charge in [0.05, 0.1) is 6.04 Å². The van der Waals surface area contributed by atoms with Crippen LogP contribution in [0.25, 0.3) is 0 Å². The number of rotatable bonds is 6. The van der Waals surface area contributed by atoms with Gasteiger partial charge < -0.3 is 10.1 Å². The Bertz CT molecular complexity index is 747. The van der Waals surface area contributed by atoms with Gasteiger partial charge in [-0.3, -0.25) is 4.79 Å². The summed E-state index contributed by atoms with van der Waals surface area (Å²) in [6.45, 7) is 3.77. The van der Waals surface area contributed by atoms with Crippen LogP contribution in [0.15, 0.2) is 30.5 Å². The van der Waals surface area contributed by atoms with Gasteiger partial charge in [-0.05, 0) is 62.4 Å². The topological polar surface area (TPSA) is 64.1 Å². The van der Waals surface area contributed by atoms with E-state index in [1.165, 1.54) is 0 Å². The van der Waals surface area contributed by atoms with Crippen molar-refractivity contribution in [3.8, 4) is 5.75 Å². The van der Waals surface area contributed by atoms with Gasteiger partial charge in [0, 0.05) is 16.9 Å². The summed E-state index contributed by atoms with van der Waals surface area (Å²) in [6.07, 6.45) is 3.89. The monoisotopic (exact) mass is 345 g/mol. The van der Waals surface area contributed by atoms with Crippen LogP contribution in [-0.4, -0.2) is 22.5 Å². The fourth-order valence-electron chi connectivity index (χ4n) is 2.57. The van der Waals surface area contributed by atoms with Crippen molar-refractivity contribution in [3.63, 3.8) is 0 Å². The van der Waals surface area contributed by atoms with Crippen LogP contribution in [0.4, 0.5) is 0 Å². The second-order valence-electron chi connectivity index (χ2n) is 6.14. The third kappa shape index (κ3) is 4.23. The second kappa shape index (κ2) is 7.18. The lowest BCUT2D eigenvalue weighted by molar-refractivity contribution is -0.124. The summed E-state index contributed by atoms with van der Waals surface area (Å²) in [5, 5.41) is 3.66. The summed E-state index contributed by atoms with van der Waals surface area (Å²) in [5.74, 6) is 1.57. The molecule has 5 nitrogen and oxygen atoms in total. The third-order valence-electron chi connectivity index (χ3n) is 4.00. The van der Waals surface area contributed by atoms with E-state index in [4.69, 9.17) is 16.3 Å². The highest BCUT2D eigenvalue weighted by atomic mass is 35.5. The molecule has 1 aromatic carbocycles. The number of nitrogens with one attached hydrogen (secondary N) is 1. The molecule has 1 heterocycles. The average molecular weight is 346 g/mol. The molecule has 3 rings (SSSR count). The lowest BCUT2D eigenvalue weighted by atomic mass is 10.1. The molecule has 6 heteroatoms. The number of carbonyl (C=O) groups is 1. The number of carbonyl (C=O) groups excluding carboxylic acids is 1. The smallest absolute Gasteiger partial charge is 0.258 e. The quantitative estimate of drug-likeness (QED) is 0.871. The van der Waals surface area contributed by atoms with Crippen molar-refractivity contribution in [1.29, 1.82) is 0 Å². The molecule has 1 saturated carbocycles. The number of aromatic nitrogens is 2. The molecule has 1 fully saturated rings. The Morgan fingerprint density at radius 1 is 1.38 bits per heavy atom. The number of benzene rings is 1. The molecule has 24 heavy (non-hydrogen) atoms. The molecule has 0 spiro atoms. The Kier molecular flexibility index (Phi) is 5.00. The molecule has 1 amide bonds. The number of hydrogen-bond acceptors (Lipinski definition) is 4. The molecule has 126 valence electrons. The maximum absolute atomic E-state index is 12.3. The molecule has 0 radical (unpaired) electrons. The predicted octanol–water partition coefficient (Wildman–Crippen LogP) is 3.39. The summed E-state index contributed by atoms with van der Waals surface area (Å²) in [6, 6.07) is 7.03. The lowest BCUT2D eigenvalue weighted by Crippen LogP contribution is -2.34. The van der Waals surface area contributed by atoms with Crippen molar-refractivity contribution in [3.05, 3.63) is 52.6 Å². The highest BCUT2D eigenvalue weighted by Crippen LogP contribution is 2.39. The first-order chi connectivity index (χ1) is 11.5. The van der Waals surface area contributed by atoms with Crippen molar-refractivity contribution in [2.45, 2.75) is 32.7 Å². The van der Waals surface area contributed by atoms with E-state index < -0.39 is 0 Å². The minimum absolute atomic E-state index is 0.0441. The van der Waals surface area contributed by atoms with Gasteiger partial charge in [0.15, 0.2) is 12.4 Å². The van der Waals surface area contributed by atoms with Gasteiger partial charge in [-0.1, -0.05) is 11.6 Å². The Balaban J connectivity index is 1.62. The molecular formula is C18H20ClN3O2. The van der Waals surface area contributed by atoms with Gasteiger partial charge in [-0.25, -0.2) is 9.97 Å². The molecular weight excluding hydrogens is 326 g/mol. The number of amides is 1. The van der Waals surface area contributed by atoms with Crippen LogP contribution in [0.5, 0.6) is 5.75 Å². The number of hydrogen-bond donors (Lipinski definition) is 1. The molecule has 2 aromatic rings. The third-order valence-corrected chi connectivity index (χ3v) is 4.23. The van der Waals surface area contributed by atoms with E-state index in [9.17, 15) is 4.79 Å². The molecule has 1 aliphatic carbocycles. The highest BCUT2D eigenvalue weighted by Gasteiger charge is 2.35. The molecule has 1 atom stereocenters. The van der Waals surface area contributed by atoms with E-state index in [-0.39, 0.29) is 18.6 Å². The Morgan fingerprint density at radius 2 is 2.17 bits per heavy atom. The van der Waals surface area contributed by atoms with E-state index in [1.54, 1.807) is 18.3 Å². The maximum Gasteiger partial charge on any atom is 0.258 e. The minimum Gasteiger partial charge on any atom is -0.484 e. The van der Waals surface area contributed by atoms with E-state index >= 15 is 0 Å². The minimum atomic E-state index is -0.175. The summed E-state index contributed by atoms with van der Waals surface area (Å²) >= 11 is 5.92. The molecule has 1 aliphatic rings. The summed E-state index contributed by atoms with van der Waals surface area (Å²) < 4.78 is 5.60. The Labute approximate surface area is 146 Å². The number of halogens is 1. The first-order valence-corrected chi connectivity index (χ1v) is 8.38. The van der Waals surface area contributed by atoms with Gasteiger partial charge in [0.2, 0.25) is 0 Å². The Hall–Kier alpha value is -2.14. The SMILES string of the molecule is Cc1ccnc([C@@H](NC(=O)COc2ccc(Cl)cc2C)C2CC2)n1. The van der Waals surface area contributed by atoms with Crippen LogP contribution in [0.2, 0.25) is 5.02 Å². The first-order valence-electron chi connectivity index (χ1n) is 8.01. The van der Waals surface area contributed by atoms with Gasteiger partial charge in [-0.15, -0.1) is 0 Å². The highest BCUT2D eigenvalue weighted by molar-refractivity contribution is 6.30. The van der Waals surface area contributed by atoms with Crippen LogP contribution in [0, 0.1) is 19.8 Å². The molecule has 1 aromatic heterocycles. The summed E-state index contributed by atoms with van der Waals surface area (Å²) in [7, 11) is 0. The molecule has 0 saturated heterocycles. The second-order valence-corrected chi connectivity index (χ2v) is 6.57. The van der Waals surface area contributed by atoms with Gasteiger partial charge >= 0.3 is 0 Å². The van der Waals surface area contributed by atoms with E-state index in [0.29, 0.717) is 22.5 Å². The predicted molar refractivity (Wildman–Crippen MR) is 92.1 cm³/mol. The van der Waals surface area contributed by atoms with Crippen LogP contribution in [0.1, 0.15) is 36.0 Å². The summed E-state index contributed by atoms with van der Waals surface area (Å²) in [5.41, 5.74) is 1.80.